The van der Waals surface area contributed by atoms with E-state index >= 15 is 0 Å². The van der Waals surface area contributed by atoms with Gasteiger partial charge in [-0.1, -0.05) is 11.6 Å². The van der Waals surface area contributed by atoms with Crippen molar-refractivity contribution in [3.63, 3.8) is 0 Å². The highest BCUT2D eigenvalue weighted by molar-refractivity contribution is 6.30. The number of fused-ring (bicyclic) bond motifs is 1. The number of aldehydes is 1. The van der Waals surface area contributed by atoms with Crippen molar-refractivity contribution in [1.29, 1.82) is 0 Å². The lowest BCUT2D eigenvalue weighted by molar-refractivity contribution is 0.0965. The van der Waals surface area contributed by atoms with Crippen molar-refractivity contribution in [2.75, 3.05) is 7.11 Å². The monoisotopic (exact) mass is 313 g/mol. The molecule has 0 spiro atoms. The van der Waals surface area contributed by atoms with E-state index in [2.05, 4.69) is 0 Å². The summed E-state index contributed by atoms with van der Waals surface area (Å²) in [5, 5.41) is 1.24. The Morgan fingerprint density at radius 2 is 1.91 bits per heavy atom. The molecule has 0 aliphatic carbocycles. The predicted molar refractivity (Wildman–Crippen MR) is 85.1 cm³/mol. The Kier molecular flexibility index (Phi) is 3.69. The third-order valence-corrected chi connectivity index (χ3v) is 3.73. The molecule has 0 saturated heterocycles. The van der Waals surface area contributed by atoms with Crippen LogP contribution in [0.25, 0.3) is 10.9 Å². The van der Waals surface area contributed by atoms with Gasteiger partial charge in [-0.2, -0.15) is 0 Å². The Morgan fingerprint density at radius 1 is 1.18 bits per heavy atom. The number of hydrogen-bond acceptors (Lipinski definition) is 3. The first-order chi connectivity index (χ1) is 10.6. The van der Waals surface area contributed by atoms with Crippen LogP contribution in [0.5, 0.6) is 5.75 Å². The summed E-state index contributed by atoms with van der Waals surface area (Å²) < 4.78 is 6.62. The lowest BCUT2D eigenvalue weighted by atomic mass is 10.2. The van der Waals surface area contributed by atoms with Crippen molar-refractivity contribution in [2.24, 2.45) is 0 Å². The number of aromatic nitrogens is 1. The Labute approximate surface area is 131 Å². The number of benzene rings is 2. The molecule has 1 aromatic heterocycles. The molecular formula is C17H12ClNO3. The summed E-state index contributed by atoms with van der Waals surface area (Å²) in [7, 11) is 1.55. The molecule has 110 valence electrons. The molecule has 0 bridgehead atoms. The van der Waals surface area contributed by atoms with E-state index in [1.54, 1.807) is 49.6 Å². The second kappa shape index (κ2) is 5.66. The smallest absolute Gasteiger partial charge is 0.262 e. The van der Waals surface area contributed by atoms with Gasteiger partial charge in [-0.05, 0) is 42.5 Å². The van der Waals surface area contributed by atoms with Gasteiger partial charge in [0.2, 0.25) is 0 Å². The predicted octanol–water partition coefficient (Wildman–Crippen LogP) is 3.80. The first kappa shape index (κ1) is 14.4. The highest BCUT2D eigenvalue weighted by Gasteiger charge is 2.15. The van der Waals surface area contributed by atoms with E-state index in [4.69, 9.17) is 16.3 Å². The minimum atomic E-state index is -0.222. The molecule has 0 amide bonds. The van der Waals surface area contributed by atoms with Crippen LogP contribution in [-0.2, 0) is 0 Å². The van der Waals surface area contributed by atoms with E-state index in [9.17, 15) is 9.59 Å². The quantitative estimate of drug-likeness (QED) is 0.691. The molecule has 2 aromatic carbocycles. The van der Waals surface area contributed by atoms with Gasteiger partial charge >= 0.3 is 0 Å². The van der Waals surface area contributed by atoms with Crippen molar-refractivity contribution >= 4 is 34.7 Å². The molecule has 22 heavy (non-hydrogen) atoms. The van der Waals surface area contributed by atoms with Crippen LogP contribution in [0.15, 0.2) is 48.7 Å². The van der Waals surface area contributed by atoms with Gasteiger partial charge in [0.05, 0.1) is 12.6 Å². The van der Waals surface area contributed by atoms with E-state index in [1.807, 2.05) is 0 Å². The molecule has 0 aliphatic rings. The molecule has 1 heterocycles. The molecule has 0 saturated carbocycles. The Morgan fingerprint density at radius 3 is 2.55 bits per heavy atom. The average Bonchev–Trinajstić information content (AvgIpc) is 2.92. The van der Waals surface area contributed by atoms with Gasteiger partial charge in [0.15, 0.2) is 6.29 Å². The van der Waals surface area contributed by atoms with Crippen LogP contribution in [0, 0.1) is 0 Å². The van der Waals surface area contributed by atoms with Crippen LogP contribution >= 0.6 is 11.6 Å². The fourth-order valence-corrected chi connectivity index (χ4v) is 2.48. The second-order valence-electron chi connectivity index (χ2n) is 4.77. The van der Waals surface area contributed by atoms with Gasteiger partial charge < -0.3 is 4.74 Å². The molecule has 0 aliphatic heterocycles. The zero-order valence-electron chi connectivity index (χ0n) is 11.7. The fraction of sp³-hybridized carbons (Fsp3) is 0.0588. The normalized spacial score (nSPS) is 10.6. The largest absolute Gasteiger partial charge is 0.497 e. The molecule has 0 atom stereocenters. The SMILES string of the molecule is COc1ccc2c(c1)c(C=O)cn2C(=O)c1ccc(Cl)cc1. The van der Waals surface area contributed by atoms with Crippen LogP contribution in [0.3, 0.4) is 0 Å². The summed E-state index contributed by atoms with van der Waals surface area (Å²) in [4.78, 5) is 23.9. The van der Waals surface area contributed by atoms with E-state index in [0.717, 1.165) is 6.29 Å². The lowest BCUT2D eigenvalue weighted by Gasteiger charge is -2.05. The standard InChI is InChI=1S/C17H12ClNO3/c1-22-14-6-7-16-15(8-14)12(10-20)9-19(16)17(21)11-2-4-13(18)5-3-11/h2-10H,1H3. The van der Waals surface area contributed by atoms with E-state index in [-0.39, 0.29) is 5.91 Å². The van der Waals surface area contributed by atoms with Crippen LogP contribution in [0.4, 0.5) is 0 Å². The number of carbonyl (C=O) groups is 2. The average molecular weight is 314 g/mol. The maximum atomic E-state index is 12.6. The summed E-state index contributed by atoms with van der Waals surface area (Å²) in [6.45, 7) is 0. The molecule has 5 heteroatoms. The van der Waals surface area contributed by atoms with Crippen molar-refractivity contribution in [1.82, 2.24) is 4.57 Å². The third-order valence-electron chi connectivity index (χ3n) is 3.48. The second-order valence-corrected chi connectivity index (χ2v) is 5.20. The van der Waals surface area contributed by atoms with Crippen molar-refractivity contribution in [3.05, 3.63) is 64.8 Å². The minimum Gasteiger partial charge on any atom is -0.497 e. The summed E-state index contributed by atoms with van der Waals surface area (Å²) in [6, 6.07) is 11.9. The lowest BCUT2D eigenvalue weighted by Crippen LogP contribution is -2.10. The van der Waals surface area contributed by atoms with E-state index in [0.29, 0.717) is 32.8 Å². The number of hydrogen-bond donors (Lipinski definition) is 0. The van der Waals surface area contributed by atoms with Crippen molar-refractivity contribution < 1.29 is 14.3 Å². The number of rotatable bonds is 3. The maximum Gasteiger partial charge on any atom is 0.262 e. The number of halogens is 1. The maximum absolute atomic E-state index is 12.6. The topological polar surface area (TPSA) is 48.3 Å². The number of carbonyl (C=O) groups excluding carboxylic acids is 2. The molecule has 4 nitrogen and oxygen atoms in total. The molecule has 0 radical (unpaired) electrons. The van der Waals surface area contributed by atoms with Crippen LogP contribution in [0.1, 0.15) is 20.7 Å². The highest BCUT2D eigenvalue weighted by Crippen LogP contribution is 2.26. The van der Waals surface area contributed by atoms with Crippen molar-refractivity contribution in [3.8, 4) is 5.75 Å². The van der Waals surface area contributed by atoms with Crippen molar-refractivity contribution in [2.45, 2.75) is 0 Å². The molecule has 0 unspecified atom stereocenters. The van der Waals surface area contributed by atoms with Crippen LogP contribution in [-0.4, -0.2) is 23.9 Å². The summed E-state index contributed by atoms with van der Waals surface area (Å²) in [5.74, 6) is 0.409. The minimum absolute atomic E-state index is 0.222. The number of methoxy groups -OCH3 is 1. The Hall–Kier alpha value is -2.59. The molecular weight excluding hydrogens is 302 g/mol. The van der Waals surface area contributed by atoms with Gasteiger partial charge in [-0.3, -0.25) is 14.2 Å². The molecule has 0 N–H and O–H groups in total. The van der Waals surface area contributed by atoms with Gasteiger partial charge in [-0.25, -0.2) is 0 Å². The van der Waals surface area contributed by atoms with Gasteiger partial charge in [0.1, 0.15) is 5.75 Å². The Balaban J connectivity index is 2.16. The van der Waals surface area contributed by atoms with E-state index in [1.165, 1.54) is 10.8 Å². The molecule has 3 aromatic rings. The molecule has 0 fully saturated rings. The fourth-order valence-electron chi connectivity index (χ4n) is 2.36. The summed E-state index contributed by atoms with van der Waals surface area (Å²) >= 11 is 5.84. The first-order valence-electron chi connectivity index (χ1n) is 6.58. The molecule has 3 rings (SSSR count). The number of ether oxygens (including phenoxy) is 1. The Bertz CT molecular complexity index is 865. The van der Waals surface area contributed by atoms with E-state index < -0.39 is 0 Å². The zero-order chi connectivity index (χ0) is 15.7. The number of nitrogens with zero attached hydrogens (tertiary/aromatic N) is 1. The summed E-state index contributed by atoms with van der Waals surface area (Å²) in [6.07, 6.45) is 2.27. The van der Waals surface area contributed by atoms with Gasteiger partial charge in [0.25, 0.3) is 5.91 Å². The van der Waals surface area contributed by atoms with Crippen LogP contribution < -0.4 is 4.74 Å². The highest BCUT2D eigenvalue weighted by atomic mass is 35.5. The zero-order valence-corrected chi connectivity index (χ0v) is 12.5. The summed E-state index contributed by atoms with van der Waals surface area (Å²) in [5.41, 5.74) is 1.59. The van der Waals surface area contributed by atoms with Gasteiger partial charge in [-0.15, -0.1) is 0 Å². The van der Waals surface area contributed by atoms with Crippen LogP contribution in [0.2, 0.25) is 5.02 Å². The first-order valence-corrected chi connectivity index (χ1v) is 6.96. The van der Waals surface area contributed by atoms with Gasteiger partial charge in [0, 0.05) is 27.7 Å². The third kappa shape index (κ3) is 2.38.